The second-order valence-electron chi connectivity index (χ2n) is 4.84. The van der Waals surface area contributed by atoms with Crippen LogP contribution in [0.2, 0.25) is 0 Å². The number of benzene rings is 1. The monoisotopic (exact) mass is 270 g/mol. The topological polar surface area (TPSA) is 55.2 Å². The Balaban J connectivity index is 2.03. The summed E-state index contributed by atoms with van der Waals surface area (Å²) in [6.07, 6.45) is 1.92. The highest BCUT2D eigenvalue weighted by Gasteiger charge is 2.19. The molecule has 1 aromatic rings. The summed E-state index contributed by atoms with van der Waals surface area (Å²) >= 11 is 0. The van der Waals surface area contributed by atoms with Crippen LogP contribution in [0.15, 0.2) is 18.2 Å². The van der Waals surface area contributed by atoms with Gasteiger partial charge < -0.3 is 5.32 Å². The van der Waals surface area contributed by atoms with E-state index in [1.54, 1.807) is 0 Å². The maximum Gasteiger partial charge on any atom is 0.270 e. The van der Waals surface area contributed by atoms with Crippen LogP contribution in [0.25, 0.3) is 0 Å². The predicted molar refractivity (Wildman–Crippen MR) is 68.5 cm³/mol. The van der Waals surface area contributed by atoms with Crippen molar-refractivity contribution in [3.63, 3.8) is 0 Å². The quantitative estimate of drug-likeness (QED) is 0.624. The average molecular weight is 270 g/mol. The number of nitro groups is 1. The summed E-state index contributed by atoms with van der Waals surface area (Å²) in [5.41, 5.74) is -0.317. The standard InChI is InChI=1S/C13H16F2N2O2/c14-13(15)11-8-10(17(18)19)4-5-12(11)16-7-6-9-2-1-3-9/h4-5,8-9,13,16H,1-3,6-7H2. The summed E-state index contributed by atoms with van der Waals surface area (Å²) in [5, 5.41) is 13.5. The van der Waals surface area contributed by atoms with E-state index in [9.17, 15) is 18.9 Å². The molecule has 0 amide bonds. The number of rotatable bonds is 6. The van der Waals surface area contributed by atoms with Crippen LogP contribution < -0.4 is 5.32 Å². The smallest absolute Gasteiger partial charge is 0.270 e. The van der Waals surface area contributed by atoms with E-state index in [-0.39, 0.29) is 11.3 Å². The van der Waals surface area contributed by atoms with Crippen LogP contribution in [0.4, 0.5) is 20.2 Å². The lowest BCUT2D eigenvalue weighted by atomic mass is 9.83. The molecule has 1 N–H and O–H groups in total. The minimum Gasteiger partial charge on any atom is -0.385 e. The number of nitrogens with zero attached hydrogens (tertiary/aromatic N) is 1. The number of alkyl halides is 2. The molecule has 0 radical (unpaired) electrons. The molecule has 0 aromatic heterocycles. The van der Waals surface area contributed by atoms with Gasteiger partial charge >= 0.3 is 0 Å². The first-order valence-corrected chi connectivity index (χ1v) is 6.38. The van der Waals surface area contributed by atoms with Gasteiger partial charge in [0.1, 0.15) is 0 Å². The summed E-state index contributed by atoms with van der Waals surface area (Å²) in [4.78, 5) is 9.91. The highest BCUT2D eigenvalue weighted by Crippen LogP contribution is 2.32. The van der Waals surface area contributed by atoms with Gasteiger partial charge in [0, 0.05) is 29.9 Å². The Labute approximate surface area is 110 Å². The van der Waals surface area contributed by atoms with Gasteiger partial charge in [-0.05, 0) is 18.4 Å². The van der Waals surface area contributed by atoms with Gasteiger partial charge in [0.05, 0.1) is 4.92 Å². The van der Waals surface area contributed by atoms with Gasteiger partial charge in [-0.15, -0.1) is 0 Å². The Hall–Kier alpha value is -1.72. The summed E-state index contributed by atoms with van der Waals surface area (Å²) < 4.78 is 25.7. The number of anilines is 1. The Bertz CT molecular complexity index is 462. The van der Waals surface area contributed by atoms with E-state index in [1.807, 2.05) is 0 Å². The Kier molecular flexibility index (Phi) is 4.29. The van der Waals surface area contributed by atoms with Crippen LogP contribution in [0, 0.1) is 16.0 Å². The lowest BCUT2D eigenvalue weighted by Gasteiger charge is -2.25. The van der Waals surface area contributed by atoms with Gasteiger partial charge in [0.2, 0.25) is 0 Å². The van der Waals surface area contributed by atoms with Crippen molar-refractivity contribution >= 4 is 11.4 Å². The van der Waals surface area contributed by atoms with Crippen molar-refractivity contribution in [2.45, 2.75) is 32.1 Å². The van der Waals surface area contributed by atoms with Gasteiger partial charge in [-0.1, -0.05) is 19.3 Å². The zero-order valence-corrected chi connectivity index (χ0v) is 10.4. The van der Waals surface area contributed by atoms with Crippen molar-refractivity contribution in [3.05, 3.63) is 33.9 Å². The number of halogens is 2. The average Bonchev–Trinajstić information content (AvgIpc) is 2.32. The van der Waals surface area contributed by atoms with Crippen LogP contribution in [0.1, 0.15) is 37.7 Å². The fourth-order valence-electron chi connectivity index (χ4n) is 2.20. The molecule has 1 aliphatic rings. The molecule has 0 spiro atoms. The third-order valence-corrected chi connectivity index (χ3v) is 3.57. The van der Waals surface area contributed by atoms with Crippen LogP contribution in [-0.4, -0.2) is 11.5 Å². The molecule has 1 aromatic carbocycles. The Morgan fingerprint density at radius 1 is 1.42 bits per heavy atom. The lowest BCUT2D eigenvalue weighted by molar-refractivity contribution is -0.385. The molecule has 1 aliphatic carbocycles. The fraction of sp³-hybridized carbons (Fsp3) is 0.538. The number of nitro benzene ring substituents is 1. The van der Waals surface area contributed by atoms with Crippen LogP contribution >= 0.6 is 0 Å². The fourth-order valence-corrected chi connectivity index (χ4v) is 2.20. The Morgan fingerprint density at radius 3 is 2.68 bits per heavy atom. The van der Waals surface area contributed by atoms with Crippen molar-refractivity contribution in [1.29, 1.82) is 0 Å². The first-order valence-electron chi connectivity index (χ1n) is 6.38. The highest BCUT2D eigenvalue weighted by molar-refractivity contribution is 5.56. The van der Waals surface area contributed by atoms with E-state index >= 15 is 0 Å². The molecule has 1 saturated carbocycles. The first-order chi connectivity index (χ1) is 9.08. The van der Waals surface area contributed by atoms with Crippen molar-refractivity contribution in [2.75, 3.05) is 11.9 Å². The van der Waals surface area contributed by atoms with E-state index in [0.29, 0.717) is 18.2 Å². The SMILES string of the molecule is O=[N+]([O-])c1ccc(NCCC2CCC2)c(C(F)F)c1. The maximum absolute atomic E-state index is 12.9. The largest absolute Gasteiger partial charge is 0.385 e. The molecular weight excluding hydrogens is 254 g/mol. The molecular formula is C13H16F2N2O2. The van der Waals surface area contributed by atoms with Crippen molar-refractivity contribution in [2.24, 2.45) is 5.92 Å². The third-order valence-electron chi connectivity index (χ3n) is 3.57. The summed E-state index contributed by atoms with van der Waals surface area (Å²) in [6.45, 7) is 0.627. The number of hydrogen-bond acceptors (Lipinski definition) is 3. The van der Waals surface area contributed by atoms with Crippen LogP contribution in [0.5, 0.6) is 0 Å². The second-order valence-corrected chi connectivity index (χ2v) is 4.84. The van der Waals surface area contributed by atoms with Gasteiger partial charge in [-0.3, -0.25) is 10.1 Å². The molecule has 6 heteroatoms. The number of nitrogens with one attached hydrogen (secondary N) is 1. The summed E-state index contributed by atoms with van der Waals surface area (Å²) in [7, 11) is 0. The van der Waals surface area contributed by atoms with Gasteiger partial charge in [0.25, 0.3) is 12.1 Å². The van der Waals surface area contributed by atoms with Crippen LogP contribution in [-0.2, 0) is 0 Å². The molecule has 4 nitrogen and oxygen atoms in total. The van der Waals surface area contributed by atoms with E-state index in [2.05, 4.69) is 5.32 Å². The van der Waals surface area contributed by atoms with E-state index in [1.165, 1.54) is 31.4 Å². The van der Waals surface area contributed by atoms with Gasteiger partial charge in [-0.2, -0.15) is 0 Å². The van der Waals surface area contributed by atoms with E-state index in [0.717, 1.165) is 12.5 Å². The normalized spacial score (nSPS) is 15.3. The van der Waals surface area contributed by atoms with Gasteiger partial charge in [-0.25, -0.2) is 8.78 Å². The summed E-state index contributed by atoms with van der Waals surface area (Å²) in [5.74, 6) is 0.695. The third kappa shape index (κ3) is 3.39. The highest BCUT2D eigenvalue weighted by atomic mass is 19.3. The van der Waals surface area contributed by atoms with Gasteiger partial charge in [0.15, 0.2) is 0 Å². The molecule has 0 atom stereocenters. The summed E-state index contributed by atoms with van der Waals surface area (Å²) in [6, 6.07) is 3.55. The first kappa shape index (κ1) is 13.7. The lowest BCUT2D eigenvalue weighted by Crippen LogP contribution is -2.16. The molecule has 0 bridgehead atoms. The predicted octanol–water partition coefficient (Wildman–Crippen LogP) is 4.13. The molecule has 0 heterocycles. The zero-order valence-electron chi connectivity index (χ0n) is 10.4. The molecule has 19 heavy (non-hydrogen) atoms. The molecule has 0 aliphatic heterocycles. The molecule has 0 unspecified atom stereocenters. The number of hydrogen-bond donors (Lipinski definition) is 1. The molecule has 1 fully saturated rings. The second kappa shape index (κ2) is 5.95. The molecule has 2 rings (SSSR count). The van der Waals surface area contributed by atoms with Crippen molar-refractivity contribution in [3.8, 4) is 0 Å². The Morgan fingerprint density at radius 2 is 2.16 bits per heavy atom. The van der Waals surface area contributed by atoms with Crippen molar-refractivity contribution in [1.82, 2.24) is 0 Å². The minimum atomic E-state index is -2.72. The minimum absolute atomic E-state index is 0.292. The zero-order chi connectivity index (χ0) is 13.8. The number of non-ortho nitro benzene ring substituents is 1. The maximum atomic E-state index is 12.9. The van der Waals surface area contributed by atoms with Crippen LogP contribution in [0.3, 0.4) is 0 Å². The molecule has 0 saturated heterocycles. The molecule has 104 valence electrons. The van der Waals surface area contributed by atoms with E-state index < -0.39 is 11.3 Å². The van der Waals surface area contributed by atoms with Crippen molar-refractivity contribution < 1.29 is 13.7 Å². The van der Waals surface area contributed by atoms with E-state index in [4.69, 9.17) is 0 Å².